The number of rotatable bonds is 7. The molecule has 0 heterocycles. The van der Waals surface area contributed by atoms with Gasteiger partial charge in [0.25, 0.3) is 5.91 Å². The highest BCUT2D eigenvalue weighted by atomic mass is 16.1. The second-order valence-electron chi connectivity index (χ2n) is 4.50. The quantitative estimate of drug-likeness (QED) is 0.777. The normalized spacial score (nSPS) is 10.4. The van der Waals surface area contributed by atoms with Crippen LogP contribution in [0.5, 0.6) is 0 Å². The van der Waals surface area contributed by atoms with Gasteiger partial charge in [-0.25, -0.2) is 0 Å². The molecule has 0 atom stereocenters. The Balaban J connectivity index is 2.52. The van der Waals surface area contributed by atoms with Crippen molar-refractivity contribution in [2.45, 2.75) is 33.6 Å². The van der Waals surface area contributed by atoms with Gasteiger partial charge in [-0.15, -0.1) is 0 Å². The molecule has 1 amide bonds. The zero-order valence-corrected chi connectivity index (χ0v) is 11.6. The van der Waals surface area contributed by atoms with Crippen LogP contribution in [0.3, 0.4) is 0 Å². The van der Waals surface area contributed by atoms with Crippen LogP contribution in [0.25, 0.3) is 0 Å². The van der Waals surface area contributed by atoms with Gasteiger partial charge < -0.3 is 10.6 Å². The number of hydrogen-bond donors (Lipinski definition) is 2. The van der Waals surface area contributed by atoms with Crippen molar-refractivity contribution in [3.63, 3.8) is 0 Å². The fourth-order valence-electron chi connectivity index (χ4n) is 1.84. The largest absolute Gasteiger partial charge is 0.385 e. The van der Waals surface area contributed by atoms with E-state index in [4.69, 9.17) is 0 Å². The molecule has 1 aromatic rings. The summed E-state index contributed by atoms with van der Waals surface area (Å²) in [6.07, 6.45) is 2.39. The second-order valence-corrected chi connectivity index (χ2v) is 4.50. The van der Waals surface area contributed by atoms with E-state index in [1.807, 2.05) is 31.2 Å². The van der Waals surface area contributed by atoms with Gasteiger partial charge in [0.2, 0.25) is 0 Å². The minimum atomic E-state index is -0.0101. The van der Waals surface area contributed by atoms with Crippen LogP contribution in [0.15, 0.2) is 24.3 Å². The third kappa shape index (κ3) is 4.40. The lowest BCUT2D eigenvalue weighted by atomic mass is 10.0. The molecule has 0 spiro atoms. The Labute approximate surface area is 110 Å². The van der Waals surface area contributed by atoms with Crippen LogP contribution >= 0.6 is 0 Å². The Morgan fingerprint density at radius 3 is 2.22 bits per heavy atom. The molecule has 0 radical (unpaired) electrons. The Hall–Kier alpha value is -1.51. The minimum Gasteiger partial charge on any atom is -0.385 e. The van der Waals surface area contributed by atoms with Crippen LogP contribution in [0.1, 0.15) is 44.0 Å². The van der Waals surface area contributed by atoms with Gasteiger partial charge in [-0.05, 0) is 37.1 Å². The van der Waals surface area contributed by atoms with Crippen molar-refractivity contribution in [1.82, 2.24) is 5.32 Å². The number of anilines is 1. The molecule has 0 saturated heterocycles. The molecule has 18 heavy (non-hydrogen) atoms. The molecule has 0 aliphatic carbocycles. The van der Waals surface area contributed by atoms with Gasteiger partial charge in [-0.2, -0.15) is 0 Å². The molecule has 100 valence electrons. The lowest BCUT2D eigenvalue weighted by Gasteiger charge is -2.14. The first-order valence-corrected chi connectivity index (χ1v) is 6.83. The number of carbonyl (C=O) groups excluding carboxylic acids is 1. The first-order valence-electron chi connectivity index (χ1n) is 6.83. The molecule has 0 aliphatic heterocycles. The van der Waals surface area contributed by atoms with Gasteiger partial charge in [0.05, 0.1) is 0 Å². The molecule has 0 fully saturated rings. The van der Waals surface area contributed by atoms with E-state index in [1.54, 1.807) is 0 Å². The van der Waals surface area contributed by atoms with Crippen LogP contribution in [-0.2, 0) is 0 Å². The van der Waals surface area contributed by atoms with Crippen molar-refractivity contribution in [3.8, 4) is 0 Å². The molecule has 1 rings (SSSR count). The number of hydrogen-bond acceptors (Lipinski definition) is 2. The van der Waals surface area contributed by atoms with Gasteiger partial charge >= 0.3 is 0 Å². The van der Waals surface area contributed by atoms with Crippen molar-refractivity contribution in [2.24, 2.45) is 5.92 Å². The van der Waals surface area contributed by atoms with E-state index in [9.17, 15) is 4.79 Å². The van der Waals surface area contributed by atoms with Gasteiger partial charge in [-0.1, -0.05) is 26.7 Å². The van der Waals surface area contributed by atoms with E-state index in [0.29, 0.717) is 18.0 Å². The molecule has 3 nitrogen and oxygen atoms in total. The lowest BCUT2D eigenvalue weighted by molar-refractivity contribution is 0.0956. The lowest BCUT2D eigenvalue weighted by Crippen LogP contribution is -2.22. The standard InChI is InChI=1S/C15H24N2O/c1-4-12(5-2)11-17-14-9-7-13(8-10-14)15(18)16-6-3/h7-10,12,17H,4-6,11H2,1-3H3,(H,16,18). The minimum absolute atomic E-state index is 0.0101. The van der Waals surface area contributed by atoms with Gasteiger partial charge in [0.1, 0.15) is 0 Å². The molecule has 0 saturated carbocycles. The van der Waals surface area contributed by atoms with Crippen LogP contribution in [0.2, 0.25) is 0 Å². The topological polar surface area (TPSA) is 41.1 Å². The first kappa shape index (κ1) is 14.6. The molecular formula is C15H24N2O. The monoisotopic (exact) mass is 248 g/mol. The maximum Gasteiger partial charge on any atom is 0.251 e. The van der Waals surface area contributed by atoms with Crippen LogP contribution < -0.4 is 10.6 Å². The summed E-state index contributed by atoms with van der Waals surface area (Å²) in [6.45, 7) is 8.01. The average molecular weight is 248 g/mol. The summed E-state index contributed by atoms with van der Waals surface area (Å²) in [5.41, 5.74) is 1.79. The summed E-state index contributed by atoms with van der Waals surface area (Å²) < 4.78 is 0. The van der Waals surface area contributed by atoms with Crippen LogP contribution in [-0.4, -0.2) is 19.0 Å². The van der Waals surface area contributed by atoms with Crippen molar-refractivity contribution >= 4 is 11.6 Å². The molecule has 0 aromatic heterocycles. The maximum absolute atomic E-state index is 11.6. The molecule has 1 aromatic carbocycles. The SMILES string of the molecule is CCNC(=O)c1ccc(NCC(CC)CC)cc1. The van der Waals surface area contributed by atoms with Crippen molar-refractivity contribution in [1.29, 1.82) is 0 Å². The third-order valence-corrected chi connectivity index (χ3v) is 3.23. The van der Waals surface area contributed by atoms with Gasteiger partial charge in [0.15, 0.2) is 0 Å². The Kier molecular flexibility index (Phi) is 6.26. The zero-order valence-electron chi connectivity index (χ0n) is 11.6. The fourth-order valence-corrected chi connectivity index (χ4v) is 1.84. The summed E-state index contributed by atoms with van der Waals surface area (Å²) in [4.78, 5) is 11.6. The molecule has 0 aliphatic rings. The predicted molar refractivity (Wildman–Crippen MR) is 77.0 cm³/mol. The zero-order chi connectivity index (χ0) is 13.4. The van der Waals surface area contributed by atoms with E-state index in [2.05, 4.69) is 24.5 Å². The highest BCUT2D eigenvalue weighted by Gasteiger charge is 2.05. The predicted octanol–water partition coefficient (Wildman–Crippen LogP) is 3.28. The van der Waals surface area contributed by atoms with Crippen LogP contribution in [0, 0.1) is 5.92 Å². The van der Waals surface area contributed by atoms with E-state index < -0.39 is 0 Å². The summed E-state index contributed by atoms with van der Waals surface area (Å²) in [6, 6.07) is 7.65. The van der Waals surface area contributed by atoms with E-state index >= 15 is 0 Å². The number of benzene rings is 1. The molecule has 2 N–H and O–H groups in total. The average Bonchev–Trinajstić information content (AvgIpc) is 2.41. The number of amides is 1. The second kappa shape index (κ2) is 7.75. The van der Waals surface area contributed by atoms with Gasteiger partial charge in [0, 0.05) is 24.3 Å². The Morgan fingerprint density at radius 2 is 1.72 bits per heavy atom. The van der Waals surface area contributed by atoms with Crippen molar-refractivity contribution in [3.05, 3.63) is 29.8 Å². The molecular weight excluding hydrogens is 224 g/mol. The number of carbonyl (C=O) groups is 1. The van der Waals surface area contributed by atoms with E-state index in [-0.39, 0.29) is 5.91 Å². The van der Waals surface area contributed by atoms with Gasteiger partial charge in [-0.3, -0.25) is 4.79 Å². The summed E-state index contributed by atoms with van der Waals surface area (Å²) in [5, 5.41) is 6.20. The van der Waals surface area contributed by atoms with E-state index in [0.717, 1.165) is 12.2 Å². The maximum atomic E-state index is 11.6. The van der Waals surface area contributed by atoms with Crippen molar-refractivity contribution in [2.75, 3.05) is 18.4 Å². The third-order valence-electron chi connectivity index (χ3n) is 3.23. The highest BCUT2D eigenvalue weighted by Crippen LogP contribution is 2.13. The molecule has 3 heteroatoms. The summed E-state index contributed by atoms with van der Waals surface area (Å²) in [7, 11) is 0. The van der Waals surface area contributed by atoms with E-state index in [1.165, 1.54) is 12.8 Å². The molecule has 0 bridgehead atoms. The Bertz CT molecular complexity index is 355. The first-order chi connectivity index (χ1) is 8.71. The van der Waals surface area contributed by atoms with Crippen LogP contribution in [0.4, 0.5) is 5.69 Å². The van der Waals surface area contributed by atoms with Crippen molar-refractivity contribution < 1.29 is 4.79 Å². The fraction of sp³-hybridized carbons (Fsp3) is 0.533. The smallest absolute Gasteiger partial charge is 0.251 e. The summed E-state index contributed by atoms with van der Waals surface area (Å²) in [5.74, 6) is 0.706. The molecule has 0 unspecified atom stereocenters. The number of nitrogens with one attached hydrogen (secondary N) is 2. The Morgan fingerprint density at radius 1 is 1.11 bits per heavy atom. The summed E-state index contributed by atoms with van der Waals surface area (Å²) >= 11 is 0. The highest BCUT2D eigenvalue weighted by molar-refractivity contribution is 5.94.